The number of para-hydroxylation sites is 1. The largest absolute Gasteiger partial charge is 0.504 e. The smallest absolute Gasteiger partial charge is 0.399 e. The molecule has 0 radical (unpaired) electrons. The van der Waals surface area contributed by atoms with Crippen molar-refractivity contribution in [1.29, 1.82) is 0 Å². The fraction of sp³-hybridized carbons (Fsp3) is 0.158. The lowest BCUT2D eigenvalue weighted by atomic mass is 10.1. The van der Waals surface area contributed by atoms with Gasteiger partial charge >= 0.3 is 6.08 Å². The summed E-state index contributed by atoms with van der Waals surface area (Å²) >= 11 is 0. The third-order valence-electron chi connectivity index (χ3n) is 4.09. The first-order valence-electron chi connectivity index (χ1n) is 8.86. The second-order valence-corrected chi connectivity index (χ2v) is 8.40. The summed E-state index contributed by atoms with van der Waals surface area (Å²) in [7, 11) is -3.90. The van der Waals surface area contributed by atoms with E-state index in [1.165, 1.54) is 25.1 Å². The first-order chi connectivity index (χ1) is 14.9. The van der Waals surface area contributed by atoms with Gasteiger partial charge in [0, 0.05) is 0 Å². The number of amides is 1. The van der Waals surface area contributed by atoms with Crippen LogP contribution < -0.4 is 14.8 Å². The molecule has 4 N–H and O–H groups in total. The zero-order valence-corrected chi connectivity index (χ0v) is 17.4. The molecule has 1 aromatic heterocycles. The summed E-state index contributed by atoms with van der Waals surface area (Å²) in [6.07, 6.45) is 1.30. The van der Waals surface area contributed by atoms with Crippen LogP contribution in [0.4, 0.5) is 14.5 Å². The third-order valence-corrected chi connectivity index (χ3v) is 4.67. The van der Waals surface area contributed by atoms with E-state index in [2.05, 4.69) is 10.3 Å². The molecule has 3 rings (SSSR count). The number of nitrogens with one attached hydrogen (secondary N) is 2. The molecule has 170 valence electrons. The minimum absolute atomic E-state index is 0.0250. The number of halogens is 2. The standard InChI is InChI=1S/C19H17F2N3O7S/c1-9(10-6-11(20)16(12(21)7-10)24-32(2,28)29)22-18(27)13-8-30-19(23-13)31-15-5-3-4-14(25)17(15)26/h3-9,24-26H,1-2H3,(H,22,27). The number of hydrogen-bond acceptors (Lipinski definition) is 8. The highest BCUT2D eigenvalue weighted by atomic mass is 32.2. The predicted octanol–water partition coefficient (Wildman–Crippen LogP) is 3.02. The Morgan fingerprint density at radius 3 is 2.50 bits per heavy atom. The van der Waals surface area contributed by atoms with Crippen LogP contribution in [-0.4, -0.2) is 35.8 Å². The number of oxazole rings is 1. The van der Waals surface area contributed by atoms with E-state index in [1.807, 2.05) is 0 Å². The van der Waals surface area contributed by atoms with Crippen LogP contribution >= 0.6 is 0 Å². The maximum Gasteiger partial charge on any atom is 0.399 e. The van der Waals surface area contributed by atoms with Gasteiger partial charge in [-0.25, -0.2) is 17.2 Å². The van der Waals surface area contributed by atoms with Crippen molar-refractivity contribution in [1.82, 2.24) is 10.3 Å². The number of aromatic nitrogens is 1. The molecular formula is C19H17F2N3O7S. The Balaban J connectivity index is 1.72. The lowest BCUT2D eigenvalue weighted by molar-refractivity contribution is 0.0934. The Morgan fingerprint density at radius 2 is 1.88 bits per heavy atom. The van der Waals surface area contributed by atoms with Crippen molar-refractivity contribution >= 4 is 21.6 Å². The van der Waals surface area contributed by atoms with Crippen LogP contribution in [0.15, 0.2) is 41.0 Å². The molecule has 0 aliphatic carbocycles. The van der Waals surface area contributed by atoms with E-state index in [0.717, 1.165) is 24.7 Å². The molecule has 1 amide bonds. The first kappa shape index (κ1) is 22.8. The molecule has 3 aromatic rings. The molecule has 1 heterocycles. The SMILES string of the molecule is CC(NC(=O)c1coc(Oc2cccc(O)c2O)n1)c1cc(F)c(NS(C)(=O)=O)c(F)c1. The summed E-state index contributed by atoms with van der Waals surface area (Å²) in [6, 6.07) is 4.82. The number of rotatable bonds is 7. The minimum atomic E-state index is -3.90. The number of anilines is 1. The van der Waals surface area contributed by atoms with Gasteiger partial charge in [-0.3, -0.25) is 9.52 Å². The summed E-state index contributed by atoms with van der Waals surface area (Å²) in [6.45, 7) is 1.44. The van der Waals surface area contributed by atoms with E-state index in [-0.39, 0.29) is 17.0 Å². The fourth-order valence-electron chi connectivity index (χ4n) is 2.58. The highest BCUT2D eigenvalue weighted by Gasteiger charge is 2.21. The zero-order valence-electron chi connectivity index (χ0n) is 16.6. The van der Waals surface area contributed by atoms with Crippen molar-refractivity contribution in [3.8, 4) is 23.3 Å². The van der Waals surface area contributed by atoms with Crippen molar-refractivity contribution < 1.29 is 41.4 Å². The average Bonchev–Trinajstić information content (AvgIpc) is 3.16. The van der Waals surface area contributed by atoms with Gasteiger partial charge in [-0.1, -0.05) is 6.07 Å². The second-order valence-electron chi connectivity index (χ2n) is 6.65. The van der Waals surface area contributed by atoms with Crippen LogP contribution in [0.2, 0.25) is 0 Å². The fourth-order valence-corrected chi connectivity index (χ4v) is 3.14. The molecule has 0 spiro atoms. The van der Waals surface area contributed by atoms with Gasteiger partial charge in [-0.15, -0.1) is 0 Å². The summed E-state index contributed by atoms with van der Waals surface area (Å²) < 4.78 is 62.7. The normalized spacial score (nSPS) is 12.2. The Labute approximate surface area is 180 Å². The van der Waals surface area contributed by atoms with E-state index in [4.69, 9.17) is 9.15 Å². The van der Waals surface area contributed by atoms with Crippen LogP contribution in [0.25, 0.3) is 0 Å². The maximum atomic E-state index is 14.2. The number of phenolic OH excluding ortho intramolecular Hbond substituents is 2. The molecule has 0 saturated carbocycles. The number of carbonyl (C=O) groups is 1. The van der Waals surface area contributed by atoms with Gasteiger partial charge < -0.3 is 24.7 Å². The monoisotopic (exact) mass is 469 g/mol. The lowest BCUT2D eigenvalue weighted by Gasteiger charge is -2.15. The molecular weight excluding hydrogens is 452 g/mol. The lowest BCUT2D eigenvalue weighted by Crippen LogP contribution is -2.27. The molecule has 10 nitrogen and oxygen atoms in total. The van der Waals surface area contributed by atoms with Crippen molar-refractivity contribution in [2.24, 2.45) is 0 Å². The second kappa shape index (κ2) is 8.70. The number of phenols is 2. The first-order valence-corrected chi connectivity index (χ1v) is 10.8. The van der Waals surface area contributed by atoms with Crippen LogP contribution in [0.5, 0.6) is 23.3 Å². The Bertz CT molecular complexity index is 1250. The summed E-state index contributed by atoms with van der Waals surface area (Å²) in [5.41, 5.74) is -1.04. The Kier molecular flexibility index (Phi) is 6.20. The Morgan fingerprint density at radius 1 is 1.22 bits per heavy atom. The third kappa shape index (κ3) is 5.24. The van der Waals surface area contributed by atoms with E-state index in [9.17, 15) is 32.2 Å². The molecule has 1 unspecified atom stereocenters. The van der Waals surface area contributed by atoms with Crippen LogP contribution in [-0.2, 0) is 10.0 Å². The minimum Gasteiger partial charge on any atom is -0.504 e. The number of sulfonamides is 1. The zero-order chi connectivity index (χ0) is 23.6. The average molecular weight is 469 g/mol. The quantitative estimate of drug-likeness (QED) is 0.386. The van der Waals surface area contributed by atoms with Gasteiger partial charge in [-0.2, -0.15) is 4.98 Å². The van der Waals surface area contributed by atoms with Gasteiger partial charge in [0.05, 0.1) is 12.3 Å². The molecule has 2 aromatic carbocycles. The number of carbonyl (C=O) groups excluding carboxylic acids is 1. The number of ether oxygens (including phenoxy) is 1. The van der Waals surface area contributed by atoms with Crippen molar-refractivity contribution in [2.45, 2.75) is 13.0 Å². The summed E-state index contributed by atoms with van der Waals surface area (Å²) in [5, 5.41) is 21.6. The molecule has 32 heavy (non-hydrogen) atoms. The van der Waals surface area contributed by atoms with Crippen molar-refractivity contribution in [2.75, 3.05) is 11.0 Å². The number of aromatic hydroxyl groups is 2. The van der Waals surface area contributed by atoms with Crippen LogP contribution in [0.1, 0.15) is 29.0 Å². The van der Waals surface area contributed by atoms with Gasteiger partial charge in [0.1, 0.15) is 12.0 Å². The molecule has 0 bridgehead atoms. The molecule has 0 aliphatic heterocycles. The topological polar surface area (TPSA) is 151 Å². The van der Waals surface area contributed by atoms with E-state index in [1.54, 1.807) is 4.72 Å². The predicted molar refractivity (Wildman–Crippen MR) is 107 cm³/mol. The van der Waals surface area contributed by atoms with E-state index < -0.39 is 56.9 Å². The maximum absolute atomic E-state index is 14.2. The molecule has 13 heteroatoms. The highest BCUT2D eigenvalue weighted by Crippen LogP contribution is 2.37. The molecule has 0 fully saturated rings. The van der Waals surface area contributed by atoms with Crippen molar-refractivity contribution in [3.05, 3.63) is 59.5 Å². The highest BCUT2D eigenvalue weighted by molar-refractivity contribution is 7.92. The molecule has 0 aliphatic rings. The van der Waals surface area contributed by atoms with Gasteiger partial charge in [-0.05, 0) is 36.8 Å². The summed E-state index contributed by atoms with van der Waals surface area (Å²) in [4.78, 5) is 16.2. The number of benzene rings is 2. The van der Waals surface area contributed by atoms with Crippen LogP contribution in [0, 0.1) is 11.6 Å². The van der Waals surface area contributed by atoms with Crippen molar-refractivity contribution in [3.63, 3.8) is 0 Å². The molecule has 0 saturated heterocycles. The Hall–Kier alpha value is -3.87. The van der Waals surface area contributed by atoms with E-state index >= 15 is 0 Å². The van der Waals surface area contributed by atoms with Gasteiger partial charge in [0.15, 0.2) is 28.8 Å². The van der Waals surface area contributed by atoms with Crippen LogP contribution in [0.3, 0.4) is 0 Å². The van der Waals surface area contributed by atoms with Gasteiger partial charge in [0.25, 0.3) is 5.91 Å². The van der Waals surface area contributed by atoms with E-state index in [0.29, 0.717) is 0 Å². The number of hydrogen-bond donors (Lipinski definition) is 4. The number of nitrogens with zero attached hydrogens (tertiary/aromatic N) is 1. The van der Waals surface area contributed by atoms with Gasteiger partial charge in [0.2, 0.25) is 15.8 Å². The summed E-state index contributed by atoms with van der Waals surface area (Å²) in [5.74, 6) is -4.23. The molecule has 1 atom stereocenters.